The molecule has 1 amide bonds. The molecule has 0 saturated heterocycles. The summed E-state index contributed by atoms with van der Waals surface area (Å²) in [6.45, 7) is 6.82. The van der Waals surface area contributed by atoms with E-state index in [4.69, 9.17) is 0 Å². The van der Waals surface area contributed by atoms with Gasteiger partial charge in [-0.25, -0.2) is 4.98 Å². The predicted octanol–water partition coefficient (Wildman–Crippen LogP) is 4.68. The van der Waals surface area contributed by atoms with Gasteiger partial charge in [0.15, 0.2) is 0 Å². The first-order valence-corrected chi connectivity index (χ1v) is 9.53. The van der Waals surface area contributed by atoms with Crippen LogP contribution in [0, 0.1) is 20.8 Å². The summed E-state index contributed by atoms with van der Waals surface area (Å²) < 4.78 is 0. The molecule has 0 aliphatic heterocycles. The number of thiophene rings is 1. The Labute approximate surface area is 152 Å². The summed E-state index contributed by atoms with van der Waals surface area (Å²) in [5.74, 6) is 0.0276. The number of nitrogens with zero attached hydrogens (tertiary/aromatic N) is 1. The lowest BCUT2D eigenvalue weighted by Crippen LogP contribution is -2.32. The van der Waals surface area contributed by atoms with Crippen LogP contribution in [0.25, 0.3) is 10.2 Å². The summed E-state index contributed by atoms with van der Waals surface area (Å²) in [4.78, 5) is 19.2. The molecule has 0 unspecified atom stereocenters. The van der Waals surface area contributed by atoms with Gasteiger partial charge in [-0.3, -0.25) is 4.79 Å². The van der Waals surface area contributed by atoms with Crippen molar-refractivity contribution in [2.24, 2.45) is 0 Å². The van der Waals surface area contributed by atoms with E-state index in [0.29, 0.717) is 6.54 Å². The topological polar surface area (TPSA) is 42.0 Å². The largest absolute Gasteiger partial charge is 0.350 e. The van der Waals surface area contributed by atoms with E-state index in [2.05, 4.69) is 47.6 Å². The van der Waals surface area contributed by atoms with Gasteiger partial charge >= 0.3 is 0 Å². The SMILES string of the molecule is Cc1cc(C)c2c(C)c(C(=O)NCC3(c4ccccc4)CC3)sc2n1. The first kappa shape index (κ1) is 16.3. The Morgan fingerprint density at radius 2 is 1.92 bits per heavy atom. The van der Waals surface area contributed by atoms with E-state index in [9.17, 15) is 4.79 Å². The van der Waals surface area contributed by atoms with Gasteiger partial charge in [-0.05, 0) is 56.4 Å². The van der Waals surface area contributed by atoms with Crippen LogP contribution in [0.1, 0.15) is 44.9 Å². The average Bonchev–Trinajstić information content (AvgIpc) is 3.31. The van der Waals surface area contributed by atoms with Gasteiger partial charge in [0.2, 0.25) is 0 Å². The molecule has 2 heterocycles. The van der Waals surface area contributed by atoms with E-state index in [1.807, 2.05) is 19.9 Å². The molecule has 1 saturated carbocycles. The minimum absolute atomic E-state index is 0.0276. The molecule has 4 rings (SSSR count). The number of fused-ring (bicyclic) bond motifs is 1. The third-order valence-corrected chi connectivity index (χ3v) is 6.44. The number of pyridine rings is 1. The third kappa shape index (κ3) is 2.85. The lowest BCUT2D eigenvalue weighted by Gasteiger charge is -2.16. The highest BCUT2D eigenvalue weighted by Gasteiger charge is 2.44. The van der Waals surface area contributed by atoms with Crippen molar-refractivity contribution in [1.82, 2.24) is 10.3 Å². The van der Waals surface area contributed by atoms with Crippen LogP contribution in [0.4, 0.5) is 0 Å². The number of carbonyl (C=O) groups is 1. The molecule has 1 N–H and O–H groups in total. The van der Waals surface area contributed by atoms with Crippen molar-refractivity contribution < 1.29 is 4.79 Å². The molecule has 1 fully saturated rings. The molecule has 3 nitrogen and oxygen atoms in total. The van der Waals surface area contributed by atoms with Crippen LogP contribution < -0.4 is 5.32 Å². The monoisotopic (exact) mass is 350 g/mol. The van der Waals surface area contributed by atoms with Crippen molar-refractivity contribution in [3.05, 3.63) is 63.7 Å². The zero-order valence-electron chi connectivity index (χ0n) is 14.8. The molecule has 2 aromatic heterocycles. The van der Waals surface area contributed by atoms with Crippen molar-refractivity contribution in [2.75, 3.05) is 6.54 Å². The lowest BCUT2D eigenvalue weighted by molar-refractivity contribution is 0.0953. The second kappa shape index (κ2) is 5.95. The second-order valence-electron chi connectivity index (χ2n) is 7.15. The van der Waals surface area contributed by atoms with E-state index in [-0.39, 0.29) is 11.3 Å². The van der Waals surface area contributed by atoms with Crippen LogP contribution in [-0.2, 0) is 5.41 Å². The molecular weight excluding hydrogens is 328 g/mol. The summed E-state index contributed by atoms with van der Waals surface area (Å²) in [5, 5.41) is 4.31. The molecule has 0 bridgehead atoms. The highest BCUT2D eigenvalue weighted by molar-refractivity contribution is 7.20. The van der Waals surface area contributed by atoms with Gasteiger partial charge < -0.3 is 5.32 Å². The quantitative estimate of drug-likeness (QED) is 0.742. The maximum atomic E-state index is 12.8. The summed E-state index contributed by atoms with van der Waals surface area (Å²) in [6, 6.07) is 12.6. The molecule has 0 spiro atoms. The Morgan fingerprint density at radius 1 is 1.20 bits per heavy atom. The van der Waals surface area contributed by atoms with Gasteiger partial charge in [-0.1, -0.05) is 30.3 Å². The van der Waals surface area contributed by atoms with Crippen LogP contribution in [0.2, 0.25) is 0 Å². The average molecular weight is 350 g/mol. The van der Waals surface area contributed by atoms with Gasteiger partial charge in [-0.15, -0.1) is 11.3 Å². The minimum atomic E-state index is 0.0276. The molecule has 128 valence electrons. The van der Waals surface area contributed by atoms with Crippen molar-refractivity contribution in [1.29, 1.82) is 0 Å². The highest BCUT2D eigenvalue weighted by atomic mass is 32.1. The van der Waals surface area contributed by atoms with Gasteiger partial charge in [0.05, 0.1) is 4.88 Å². The molecule has 1 aliphatic carbocycles. The van der Waals surface area contributed by atoms with E-state index >= 15 is 0 Å². The van der Waals surface area contributed by atoms with Crippen molar-refractivity contribution in [2.45, 2.75) is 39.0 Å². The number of nitrogens with one attached hydrogen (secondary N) is 1. The molecule has 1 aromatic carbocycles. The molecule has 1 aliphatic rings. The maximum absolute atomic E-state index is 12.8. The lowest BCUT2D eigenvalue weighted by atomic mass is 9.96. The summed E-state index contributed by atoms with van der Waals surface area (Å²) in [7, 11) is 0. The minimum Gasteiger partial charge on any atom is -0.350 e. The van der Waals surface area contributed by atoms with E-state index < -0.39 is 0 Å². The van der Waals surface area contributed by atoms with Gasteiger partial charge in [0.1, 0.15) is 4.83 Å². The Bertz CT molecular complexity index is 955. The Morgan fingerprint density at radius 3 is 2.60 bits per heavy atom. The summed E-state index contributed by atoms with van der Waals surface area (Å²) in [5.41, 5.74) is 4.70. The van der Waals surface area contributed by atoms with Crippen LogP contribution in [-0.4, -0.2) is 17.4 Å². The van der Waals surface area contributed by atoms with E-state index in [1.54, 1.807) is 0 Å². The number of aryl methyl sites for hydroxylation is 3. The molecule has 25 heavy (non-hydrogen) atoms. The van der Waals surface area contributed by atoms with Crippen LogP contribution in [0.3, 0.4) is 0 Å². The molecular formula is C21H22N2OS. The molecule has 0 radical (unpaired) electrons. The fourth-order valence-electron chi connectivity index (χ4n) is 3.68. The first-order valence-electron chi connectivity index (χ1n) is 8.71. The number of hydrogen-bond acceptors (Lipinski definition) is 3. The van der Waals surface area contributed by atoms with Crippen LogP contribution in [0.5, 0.6) is 0 Å². The maximum Gasteiger partial charge on any atom is 0.261 e. The molecule has 0 atom stereocenters. The highest BCUT2D eigenvalue weighted by Crippen LogP contribution is 2.47. The van der Waals surface area contributed by atoms with Gasteiger partial charge in [-0.2, -0.15) is 0 Å². The predicted molar refractivity (Wildman–Crippen MR) is 104 cm³/mol. The van der Waals surface area contributed by atoms with Crippen molar-refractivity contribution >= 4 is 27.5 Å². The van der Waals surface area contributed by atoms with Crippen molar-refractivity contribution in [3.8, 4) is 0 Å². The standard InChI is InChI=1S/C21H22N2OS/c1-13-11-14(2)23-20-17(13)15(3)18(25-20)19(24)22-12-21(9-10-21)16-7-5-4-6-8-16/h4-8,11H,9-10,12H2,1-3H3,(H,22,24). The number of carbonyl (C=O) groups excluding carboxylic acids is 1. The fraction of sp³-hybridized carbons (Fsp3) is 0.333. The smallest absolute Gasteiger partial charge is 0.261 e. The number of hydrogen-bond donors (Lipinski definition) is 1. The zero-order chi connectivity index (χ0) is 17.6. The number of aromatic nitrogens is 1. The van der Waals surface area contributed by atoms with Crippen molar-refractivity contribution in [3.63, 3.8) is 0 Å². The third-order valence-electron chi connectivity index (χ3n) is 5.26. The van der Waals surface area contributed by atoms with E-state index in [0.717, 1.165) is 39.2 Å². The fourth-order valence-corrected chi connectivity index (χ4v) is 4.89. The van der Waals surface area contributed by atoms with Gasteiger partial charge in [0, 0.05) is 23.0 Å². The zero-order valence-corrected chi connectivity index (χ0v) is 15.7. The van der Waals surface area contributed by atoms with E-state index in [1.165, 1.54) is 22.5 Å². The second-order valence-corrected chi connectivity index (χ2v) is 8.14. The Balaban J connectivity index is 1.57. The number of amides is 1. The Hall–Kier alpha value is -2.20. The van der Waals surface area contributed by atoms with Crippen LogP contribution in [0.15, 0.2) is 36.4 Å². The number of rotatable bonds is 4. The normalized spacial score (nSPS) is 15.3. The number of benzene rings is 1. The first-order chi connectivity index (χ1) is 12.0. The summed E-state index contributed by atoms with van der Waals surface area (Å²) >= 11 is 1.50. The molecule has 3 aromatic rings. The Kier molecular flexibility index (Phi) is 3.88. The van der Waals surface area contributed by atoms with Gasteiger partial charge in [0.25, 0.3) is 5.91 Å². The summed E-state index contributed by atoms with van der Waals surface area (Å²) in [6.07, 6.45) is 2.28. The molecule has 4 heteroatoms. The van der Waals surface area contributed by atoms with Crippen LogP contribution >= 0.6 is 11.3 Å².